The number of benzene rings is 2. The summed E-state index contributed by atoms with van der Waals surface area (Å²) in [6, 6.07) is 8.64. The monoisotopic (exact) mass is 454 g/mol. The van der Waals surface area contributed by atoms with Crippen LogP contribution in [0.5, 0.6) is 11.5 Å². The van der Waals surface area contributed by atoms with Gasteiger partial charge < -0.3 is 4.74 Å². The molecule has 0 aliphatic carbocycles. The molecular formula is C17H9F2IN2OS. The van der Waals surface area contributed by atoms with Gasteiger partial charge in [0, 0.05) is 59.6 Å². The molecule has 3 rings (SSSR count). The van der Waals surface area contributed by atoms with E-state index < -0.39 is 11.6 Å². The van der Waals surface area contributed by atoms with Crippen LogP contribution in [0, 0.1) is 23.0 Å². The Hall–Kier alpha value is -2.05. The van der Waals surface area contributed by atoms with Crippen LogP contribution in [0.2, 0.25) is 0 Å². The average molecular weight is 454 g/mol. The molecule has 0 amide bonds. The smallest absolute Gasteiger partial charge is 0.170 e. The third kappa shape index (κ3) is 2.87. The summed E-state index contributed by atoms with van der Waals surface area (Å²) in [4.78, 5) is 0. The molecule has 0 fully saturated rings. The summed E-state index contributed by atoms with van der Waals surface area (Å²) < 4.78 is 35.4. The van der Waals surface area contributed by atoms with E-state index in [0.29, 0.717) is 11.1 Å². The summed E-state index contributed by atoms with van der Waals surface area (Å²) in [5.74, 6) is -1.05. The Labute approximate surface area is 153 Å². The molecule has 0 atom stereocenters. The Balaban J connectivity index is 2.14. The van der Waals surface area contributed by atoms with E-state index in [4.69, 9.17) is 10.00 Å². The molecule has 1 aromatic heterocycles. The number of rotatable bonds is 4. The maximum absolute atomic E-state index is 14.6. The quantitative estimate of drug-likeness (QED) is 0.449. The number of fused-ring (bicyclic) bond motifs is 1. The van der Waals surface area contributed by atoms with E-state index in [-0.39, 0.29) is 17.1 Å². The first-order valence-electron chi connectivity index (χ1n) is 6.71. The third-order valence-electron chi connectivity index (χ3n) is 3.46. The minimum atomic E-state index is -0.652. The van der Waals surface area contributed by atoms with Crippen LogP contribution >= 0.6 is 30.3 Å². The SMILES string of the molecule is C=Cc1c(Oc2ccc(F)c(C#N)c2)c(F)cc2c1ccn2SI. The number of aromatic nitrogens is 1. The number of hydrogen-bond donors (Lipinski definition) is 0. The second-order valence-electron chi connectivity index (χ2n) is 4.80. The molecule has 2 aromatic carbocycles. The van der Waals surface area contributed by atoms with Crippen molar-refractivity contribution in [3.63, 3.8) is 0 Å². The molecule has 0 N–H and O–H groups in total. The van der Waals surface area contributed by atoms with Crippen LogP contribution in [0.25, 0.3) is 17.0 Å². The molecule has 0 saturated heterocycles. The van der Waals surface area contributed by atoms with Gasteiger partial charge >= 0.3 is 0 Å². The van der Waals surface area contributed by atoms with Crippen molar-refractivity contribution in [2.45, 2.75) is 0 Å². The van der Waals surface area contributed by atoms with E-state index in [9.17, 15) is 8.78 Å². The van der Waals surface area contributed by atoms with Crippen molar-refractivity contribution < 1.29 is 13.5 Å². The van der Waals surface area contributed by atoms with Crippen molar-refractivity contribution in [3.05, 3.63) is 65.9 Å². The van der Waals surface area contributed by atoms with Gasteiger partial charge in [0.2, 0.25) is 0 Å². The van der Waals surface area contributed by atoms with Crippen LogP contribution in [0.3, 0.4) is 0 Å². The number of ether oxygens (including phenoxy) is 1. The fourth-order valence-corrected chi connectivity index (χ4v) is 3.73. The number of halogens is 3. The Morgan fingerprint density at radius 3 is 2.71 bits per heavy atom. The van der Waals surface area contributed by atoms with Gasteiger partial charge in [-0.3, -0.25) is 3.97 Å². The Morgan fingerprint density at radius 1 is 1.25 bits per heavy atom. The van der Waals surface area contributed by atoms with Crippen LogP contribution in [-0.2, 0) is 0 Å². The van der Waals surface area contributed by atoms with Crippen molar-refractivity contribution in [2.75, 3.05) is 0 Å². The van der Waals surface area contributed by atoms with E-state index in [2.05, 4.69) is 27.8 Å². The normalized spacial score (nSPS) is 10.6. The molecule has 0 bridgehead atoms. The predicted molar refractivity (Wildman–Crippen MR) is 100 cm³/mol. The highest BCUT2D eigenvalue weighted by Gasteiger charge is 2.17. The molecule has 1 heterocycles. The molecule has 3 aromatic rings. The van der Waals surface area contributed by atoms with E-state index in [1.165, 1.54) is 33.4 Å². The molecule has 24 heavy (non-hydrogen) atoms. The average Bonchev–Trinajstić information content (AvgIpc) is 2.99. The van der Waals surface area contributed by atoms with Crippen molar-refractivity contribution in [1.82, 2.24) is 3.97 Å². The lowest BCUT2D eigenvalue weighted by Crippen LogP contribution is -1.95. The van der Waals surface area contributed by atoms with Gasteiger partial charge in [0.1, 0.15) is 17.6 Å². The third-order valence-corrected chi connectivity index (χ3v) is 5.20. The molecular weight excluding hydrogens is 445 g/mol. The topological polar surface area (TPSA) is 37.9 Å². The highest BCUT2D eigenvalue weighted by molar-refractivity contribution is 14.2. The molecule has 3 nitrogen and oxygen atoms in total. The molecule has 0 spiro atoms. The lowest BCUT2D eigenvalue weighted by atomic mass is 10.1. The molecule has 0 saturated carbocycles. The summed E-state index contributed by atoms with van der Waals surface area (Å²) in [5.41, 5.74) is 1.03. The largest absolute Gasteiger partial charge is 0.454 e. The van der Waals surface area contributed by atoms with Crippen LogP contribution in [0.1, 0.15) is 11.1 Å². The first kappa shape index (κ1) is 16.8. The van der Waals surface area contributed by atoms with Gasteiger partial charge in [-0.05, 0) is 18.2 Å². The molecule has 120 valence electrons. The van der Waals surface area contributed by atoms with Gasteiger partial charge in [-0.25, -0.2) is 8.78 Å². The molecule has 0 aliphatic heterocycles. The number of nitrogens with zero attached hydrogens (tertiary/aromatic N) is 2. The van der Waals surface area contributed by atoms with E-state index in [0.717, 1.165) is 11.5 Å². The van der Waals surface area contributed by atoms with Crippen molar-refractivity contribution in [2.24, 2.45) is 0 Å². The van der Waals surface area contributed by atoms with Crippen LogP contribution in [0.4, 0.5) is 8.78 Å². The molecule has 7 heteroatoms. The second-order valence-corrected chi connectivity index (χ2v) is 6.52. The fourth-order valence-electron chi connectivity index (χ4n) is 2.37. The number of nitriles is 1. The van der Waals surface area contributed by atoms with Gasteiger partial charge in [-0.2, -0.15) is 5.26 Å². The van der Waals surface area contributed by atoms with Gasteiger partial charge in [0.05, 0.1) is 11.1 Å². The van der Waals surface area contributed by atoms with E-state index in [1.807, 2.05) is 16.2 Å². The number of hydrogen-bond acceptors (Lipinski definition) is 3. The van der Waals surface area contributed by atoms with Gasteiger partial charge in [-0.15, -0.1) is 0 Å². The van der Waals surface area contributed by atoms with Gasteiger partial charge in [-0.1, -0.05) is 12.7 Å². The van der Waals surface area contributed by atoms with Crippen molar-refractivity contribution >= 4 is 47.3 Å². The van der Waals surface area contributed by atoms with Gasteiger partial charge in [0.15, 0.2) is 11.6 Å². The molecule has 0 unspecified atom stereocenters. The molecule has 0 aliphatic rings. The summed E-state index contributed by atoms with van der Waals surface area (Å²) in [6.07, 6.45) is 3.33. The first-order valence-corrected chi connectivity index (χ1v) is 10.0. The Bertz CT molecular complexity index is 994. The summed E-state index contributed by atoms with van der Waals surface area (Å²) in [5, 5.41) is 9.68. The van der Waals surface area contributed by atoms with Crippen molar-refractivity contribution in [1.29, 1.82) is 5.26 Å². The summed E-state index contributed by atoms with van der Waals surface area (Å²) in [6.45, 7) is 3.73. The van der Waals surface area contributed by atoms with Crippen LogP contribution in [-0.4, -0.2) is 3.97 Å². The first-order chi connectivity index (χ1) is 11.6. The fraction of sp³-hybridized carbons (Fsp3) is 0. The molecule has 0 radical (unpaired) electrons. The minimum absolute atomic E-state index is 0.00999. The zero-order chi connectivity index (χ0) is 17.3. The maximum atomic E-state index is 14.6. The summed E-state index contributed by atoms with van der Waals surface area (Å²) in [7, 11) is 1.42. The van der Waals surface area contributed by atoms with Gasteiger partial charge in [0.25, 0.3) is 0 Å². The predicted octanol–water partition coefficient (Wildman–Crippen LogP) is 6.07. The Kier molecular flexibility index (Phi) is 4.78. The minimum Gasteiger partial charge on any atom is -0.454 e. The lowest BCUT2D eigenvalue weighted by molar-refractivity contribution is 0.441. The van der Waals surface area contributed by atoms with E-state index in [1.54, 1.807) is 6.07 Å². The summed E-state index contributed by atoms with van der Waals surface area (Å²) >= 11 is 2.11. The zero-order valence-electron chi connectivity index (χ0n) is 12.1. The van der Waals surface area contributed by atoms with E-state index >= 15 is 0 Å². The highest BCUT2D eigenvalue weighted by Crippen LogP contribution is 2.37. The van der Waals surface area contributed by atoms with Crippen LogP contribution < -0.4 is 4.74 Å². The lowest BCUT2D eigenvalue weighted by Gasteiger charge is -2.12. The Morgan fingerprint density at radius 2 is 2.04 bits per heavy atom. The highest BCUT2D eigenvalue weighted by atomic mass is 127. The standard InChI is InChI=1S/C17H9F2IN2OS/c1-2-12-13-5-6-22(24-20)16(13)8-15(19)17(12)23-11-3-4-14(18)10(7-11)9-21/h2-8H,1H2. The maximum Gasteiger partial charge on any atom is 0.170 e. The van der Waals surface area contributed by atoms with Crippen LogP contribution in [0.15, 0.2) is 43.1 Å². The second kappa shape index (κ2) is 6.83. The zero-order valence-corrected chi connectivity index (χ0v) is 15.1. The van der Waals surface area contributed by atoms with Crippen molar-refractivity contribution in [3.8, 4) is 17.6 Å².